The summed E-state index contributed by atoms with van der Waals surface area (Å²) in [5, 5.41) is 17.6. The Balaban J connectivity index is 0.00000363. The number of aliphatic hydroxyl groups excluding tert-OH is 1. The van der Waals surface area contributed by atoms with Gasteiger partial charge in [-0.2, -0.15) is 0 Å². The summed E-state index contributed by atoms with van der Waals surface area (Å²) in [5.41, 5.74) is 1.91. The molecule has 0 spiro atoms. The molecule has 3 N–H and O–H groups in total. The van der Waals surface area contributed by atoms with E-state index < -0.39 is 6.10 Å². The smallest absolute Gasteiger partial charge is 0.191 e. The second-order valence-corrected chi connectivity index (χ2v) is 7.61. The van der Waals surface area contributed by atoms with Gasteiger partial charge in [0.1, 0.15) is 17.6 Å². The van der Waals surface area contributed by atoms with Crippen molar-refractivity contribution in [1.29, 1.82) is 0 Å². The van der Waals surface area contributed by atoms with Crippen molar-refractivity contribution in [3.8, 4) is 11.5 Å². The Morgan fingerprint density at radius 1 is 1.19 bits per heavy atom. The number of hydrogen-bond donors (Lipinski definition) is 3. The Bertz CT molecular complexity index is 850. The second kappa shape index (κ2) is 13.4. The number of para-hydroxylation sites is 1. The van der Waals surface area contributed by atoms with Crippen molar-refractivity contribution in [3.05, 3.63) is 54.1 Å². The van der Waals surface area contributed by atoms with Crippen molar-refractivity contribution in [2.24, 2.45) is 4.99 Å². The van der Waals surface area contributed by atoms with E-state index in [0.29, 0.717) is 23.0 Å². The van der Waals surface area contributed by atoms with E-state index in [1.54, 1.807) is 26.4 Å². The largest absolute Gasteiger partial charge is 0.497 e. The van der Waals surface area contributed by atoms with Crippen LogP contribution >= 0.6 is 24.0 Å². The minimum atomic E-state index is -0.798. The average molecular weight is 554 g/mol. The van der Waals surface area contributed by atoms with E-state index in [9.17, 15) is 5.11 Å². The van der Waals surface area contributed by atoms with Crippen LogP contribution in [0.2, 0.25) is 0 Å². The maximum Gasteiger partial charge on any atom is 0.191 e. The number of piperidine rings is 1. The Morgan fingerprint density at radius 3 is 2.66 bits per heavy atom. The van der Waals surface area contributed by atoms with Gasteiger partial charge in [-0.15, -0.1) is 24.0 Å². The number of halogens is 1. The van der Waals surface area contributed by atoms with Crippen LogP contribution in [0.3, 0.4) is 0 Å². The molecular weight excluding hydrogens is 519 g/mol. The van der Waals surface area contributed by atoms with Crippen LogP contribution < -0.4 is 25.0 Å². The minimum absolute atomic E-state index is 0. The number of hydrogen-bond acceptors (Lipinski definition) is 5. The van der Waals surface area contributed by atoms with Gasteiger partial charge in [0.2, 0.25) is 0 Å². The standard InChI is InChI=1S/C24H34N4O3.HI/c1-4-25-24(26-16-22(29)21-15-20(30-2)12-13-23(21)31-3)27-18-9-8-14-28(17-18)19-10-6-5-7-11-19;/h5-7,10-13,15,18,22,29H,4,8-9,14,16-17H2,1-3H3,(H2,25,26,27);1H. The molecule has 176 valence electrons. The number of nitrogens with one attached hydrogen (secondary N) is 2. The maximum absolute atomic E-state index is 10.8. The van der Waals surface area contributed by atoms with Crippen molar-refractivity contribution in [3.63, 3.8) is 0 Å². The zero-order chi connectivity index (χ0) is 22.1. The SMILES string of the molecule is CCNC(=NCC(O)c1cc(OC)ccc1OC)NC1CCCN(c2ccccc2)C1.I. The summed E-state index contributed by atoms with van der Waals surface area (Å²) in [5.74, 6) is 2.00. The molecule has 0 radical (unpaired) electrons. The lowest BCUT2D eigenvalue weighted by molar-refractivity contribution is 0.182. The van der Waals surface area contributed by atoms with E-state index in [1.807, 2.05) is 19.1 Å². The first kappa shape index (κ1) is 26.1. The Labute approximate surface area is 208 Å². The van der Waals surface area contributed by atoms with Crippen LogP contribution in [0.1, 0.15) is 31.4 Å². The number of aliphatic imine (C=N–C) groups is 1. The molecular formula is C24H35IN4O3. The number of anilines is 1. The van der Waals surface area contributed by atoms with Crippen LogP contribution in [0.5, 0.6) is 11.5 Å². The molecule has 2 unspecified atom stereocenters. The molecule has 1 aliphatic heterocycles. The lowest BCUT2D eigenvalue weighted by atomic mass is 10.0. The van der Waals surface area contributed by atoms with Gasteiger partial charge in [0.15, 0.2) is 5.96 Å². The molecule has 2 aromatic carbocycles. The molecule has 2 atom stereocenters. The van der Waals surface area contributed by atoms with Gasteiger partial charge in [0, 0.05) is 36.9 Å². The Hall–Kier alpha value is -2.20. The normalized spacial score (nSPS) is 17.2. The van der Waals surface area contributed by atoms with Crippen molar-refractivity contribution >= 4 is 35.6 Å². The van der Waals surface area contributed by atoms with Crippen LogP contribution in [-0.4, -0.2) is 57.5 Å². The topological polar surface area (TPSA) is 78.4 Å². The molecule has 1 fully saturated rings. The first-order chi connectivity index (χ1) is 15.1. The summed E-state index contributed by atoms with van der Waals surface area (Å²) in [6.07, 6.45) is 1.41. The molecule has 0 bridgehead atoms. The van der Waals surface area contributed by atoms with Gasteiger partial charge in [-0.3, -0.25) is 4.99 Å². The summed E-state index contributed by atoms with van der Waals surface area (Å²) in [6.45, 7) is 4.98. The molecule has 0 aromatic heterocycles. The zero-order valence-corrected chi connectivity index (χ0v) is 21.4. The van der Waals surface area contributed by atoms with Gasteiger partial charge in [-0.05, 0) is 50.1 Å². The molecule has 0 saturated carbocycles. The number of methoxy groups -OCH3 is 2. The van der Waals surface area contributed by atoms with Crippen molar-refractivity contribution in [2.75, 3.05) is 45.3 Å². The van der Waals surface area contributed by atoms with E-state index in [0.717, 1.165) is 32.5 Å². The van der Waals surface area contributed by atoms with E-state index in [-0.39, 0.29) is 36.6 Å². The predicted molar refractivity (Wildman–Crippen MR) is 141 cm³/mol. The van der Waals surface area contributed by atoms with Gasteiger partial charge >= 0.3 is 0 Å². The van der Waals surface area contributed by atoms with Crippen molar-refractivity contribution < 1.29 is 14.6 Å². The van der Waals surface area contributed by atoms with Crippen LogP contribution in [0.15, 0.2) is 53.5 Å². The number of benzene rings is 2. The van der Waals surface area contributed by atoms with Crippen LogP contribution in [0.4, 0.5) is 5.69 Å². The third-order valence-electron chi connectivity index (χ3n) is 5.45. The van der Waals surface area contributed by atoms with E-state index in [1.165, 1.54) is 5.69 Å². The first-order valence-corrected chi connectivity index (χ1v) is 10.9. The molecule has 32 heavy (non-hydrogen) atoms. The number of nitrogens with zero attached hydrogens (tertiary/aromatic N) is 2. The monoisotopic (exact) mass is 554 g/mol. The van der Waals surface area contributed by atoms with Crippen LogP contribution in [0, 0.1) is 0 Å². The first-order valence-electron chi connectivity index (χ1n) is 10.9. The molecule has 1 heterocycles. The molecule has 0 aliphatic carbocycles. The summed E-state index contributed by atoms with van der Waals surface area (Å²) in [4.78, 5) is 7.05. The fraction of sp³-hybridized carbons (Fsp3) is 0.458. The van der Waals surface area contributed by atoms with Crippen LogP contribution in [0.25, 0.3) is 0 Å². The Kier molecular flexibility index (Phi) is 10.9. The van der Waals surface area contributed by atoms with E-state index in [4.69, 9.17) is 9.47 Å². The van der Waals surface area contributed by atoms with Crippen LogP contribution in [-0.2, 0) is 0 Å². The number of guanidine groups is 1. The second-order valence-electron chi connectivity index (χ2n) is 7.61. The Morgan fingerprint density at radius 2 is 1.97 bits per heavy atom. The predicted octanol–water partition coefficient (Wildman–Crippen LogP) is 3.58. The fourth-order valence-corrected chi connectivity index (χ4v) is 3.86. The number of ether oxygens (including phenoxy) is 2. The third kappa shape index (κ3) is 7.16. The molecule has 2 aromatic rings. The maximum atomic E-state index is 10.8. The highest BCUT2D eigenvalue weighted by atomic mass is 127. The number of rotatable bonds is 8. The van der Waals surface area contributed by atoms with Gasteiger partial charge in [0.25, 0.3) is 0 Å². The van der Waals surface area contributed by atoms with E-state index in [2.05, 4.69) is 44.8 Å². The molecule has 7 nitrogen and oxygen atoms in total. The quantitative estimate of drug-likeness (QED) is 0.263. The van der Waals surface area contributed by atoms with Gasteiger partial charge in [-0.25, -0.2) is 0 Å². The highest BCUT2D eigenvalue weighted by Gasteiger charge is 2.21. The fourth-order valence-electron chi connectivity index (χ4n) is 3.86. The molecule has 3 rings (SSSR count). The lowest BCUT2D eigenvalue weighted by Gasteiger charge is -2.35. The highest BCUT2D eigenvalue weighted by Crippen LogP contribution is 2.29. The van der Waals surface area contributed by atoms with Gasteiger partial charge in [0.05, 0.1) is 20.8 Å². The molecule has 1 saturated heterocycles. The minimum Gasteiger partial charge on any atom is -0.497 e. The zero-order valence-electron chi connectivity index (χ0n) is 19.1. The molecule has 0 amide bonds. The summed E-state index contributed by atoms with van der Waals surface area (Å²) in [7, 11) is 3.20. The molecule has 8 heteroatoms. The average Bonchev–Trinajstić information content (AvgIpc) is 2.82. The summed E-state index contributed by atoms with van der Waals surface area (Å²) >= 11 is 0. The van der Waals surface area contributed by atoms with Crippen molar-refractivity contribution in [1.82, 2.24) is 10.6 Å². The van der Waals surface area contributed by atoms with Gasteiger partial charge < -0.3 is 30.1 Å². The van der Waals surface area contributed by atoms with Gasteiger partial charge in [-0.1, -0.05) is 18.2 Å². The summed E-state index contributed by atoms with van der Waals surface area (Å²) in [6, 6.07) is 16.2. The highest BCUT2D eigenvalue weighted by molar-refractivity contribution is 14.0. The van der Waals surface area contributed by atoms with E-state index >= 15 is 0 Å². The lowest BCUT2D eigenvalue weighted by Crippen LogP contribution is -2.51. The van der Waals surface area contributed by atoms with Crippen molar-refractivity contribution in [2.45, 2.75) is 31.9 Å². The number of aliphatic hydroxyl groups is 1. The third-order valence-corrected chi connectivity index (χ3v) is 5.45. The summed E-state index contributed by atoms with van der Waals surface area (Å²) < 4.78 is 10.7. The molecule has 1 aliphatic rings.